The first-order valence-corrected chi connectivity index (χ1v) is 12.1. The summed E-state index contributed by atoms with van der Waals surface area (Å²) < 4.78 is 11.1. The Labute approximate surface area is 170 Å². The average Bonchev–Trinajstić information content (AvgIpc) is 2.69. The van der Waals surface area contributed by atoms with Crippen LogP contribution in [0.3, 0.4) is 0 Å². The van der Waals surface area contributed by atoms with Crippen LogP contribution in [0.2, 0.25) is 0 Å². The molecule has 0 saturated carbocycles. The Bertz CT molecular complexity index is 258. The molecule has 164 valence electrons. The number of ether oxygens (including phenoxy) is 2. The summed E-state index contributed by atoms with van der Waals surface area (Å²) in [4.78, 5) is 0. The molecule has 0 aliphatic rings. The maximum Gasteiger partial charge on any atom is 0.104 e. The fourth-order valence-electron chi connectivity index (χ4n) is 3.41. The molecule has 27 heavy (non-hydrogen) atoms. The third kappa shape index (κ3) is 22.0. The van der Waals surface area contributed by atoms with Crippen LogP contribution in [-0.2, 0) is 9.47 Å². The normalized spacial score (nSPS) is 12.6. The van der Waals surface area contributed by atoms with Crippen molar-refractivity contribution in [1.82, 2.24) is 0 Å². The van der Waals surface area contributed by atoms with Crippen LogP contribution in [0.15, 0.2) is 0 Å². The number of hydrogen-bond donors (Lipinski definition) is 1. The van der Waals surface area contributed by atoms with E-state index < -0.39 is 0 Å². The molecule has 0 amide bonds. The molecule has 0 bridgehead atoms. The molecule has 0 saturated heterocycles. The van der Waals surface area contributed by atoms with Crippen LogP contribution in [0.4, 0.5) is 0 Å². The van der Waals surface area contributed by atoms with E-state index in [1.54, 1.807) is 0 Å². The third-order valence-electron chi connectivity index (χ3n) is 5.21. The van der Waals surface area contributed by atoms with Crippen LogP contribution in [0.25, 0.3) is 0 Å². The topological polar surface area (TPSA) is 38.7 Å². The van der Waals surface area contributed by atoms with Gasteiger partial charge in [-0.1, -0.05) is 110 Å². The maximum atomic E-state index is 9.19. The van der Waals surface area contributed by atoms with Gasteiger partial charge in [0.1, 0.15) is 6.10 Å². The quantitative estimate of drug-likeness (QED) is 0.191. The molecule has 0 aromatic carbocycles. The highest BCUT2D eigenvalue weighted by Gasteiger charge is 2.06. The number of unbranched alkanes of at least 4 members (excludes halogenated alkanes) is 15. The monoisotopic (exact) mass is 386 g/mol. The van der Waals surface area contributed by atoms with Crippen molar-refractivity contribution in [3.05, 3.63) is 0 Å². The van der Waals surface area contributed by atoms with Crippen molar-refractivity contribution in [2.24, 2.45) is 0 Å². The number of aliphatic hydroxyl groups excluding tert-OH is 1. The minimum Gasteiger partial charge on any atom is -0.394 e. The van der Waals surface area contributed by atoms with Crippen molar-refractivity contribution in [1.29, 1.82) is 0 Å². The van der Waals surface area contributed by atoms with Gasteiger partial charge in [-0.05, 0) is 12.8 Å². The lowest BCUT2D eigenvalue weighted by Crippen LogP contribution is -2.24. The van der Waals surface area contributed by atoms with E-state index in [2.05, 4.69) is 13.8 Å². The zero-order chi connectivity index (χ0) is 19.8. The van der Waals surface area contributed by atoms with Gasteiger partial charge in [-0.3, -0.25) is 0 Å². The molecule has 0 rings (SSSR count). The first-order valence-electron chi connectivity index (χ1n) is 12.1. The zero-order valence-electron chi connectivity index (χ0n) is 18.7. The Kier molecular flexibility index (Phi) is 23.8. The molecule has 3 heteroatoms. The lowest BCUT2D eigenvalue weighted by Gasteiger charge is -2.15. The van der Waals surface area contributed by atoms with Crippen LogP contribution >= 0.6 is 0 Å². The van der Waals surface area contributed by atoms with E-state index >= 15 is 0 Å². The Hall–Kier alpha value is -0.120. The Morgan fingerprint density at radius 3 is 1.41 bits per heavy atom. The summed E-state index contributed by atoms with van der Waals surface area (Å²) in [5.41, 5.74) is 0. The molecule has 0 aliphatic carbocycles. The van der Waals surface area contributed by atoms with Gasteiger partial charge in [-0.15, -0.1) is 0 Å². The van der Waals surface area contributed by atoms with Crippen molar-refractivity contribution in [2.75, 3.05) is 26.4 Å². The van der Waals surface area contributed by atoms with E-state index in [1.807, 2.05) is 0 Å². The van der Waals surface area contributed by atoms with Crippen molar-refractivity contribution in [3.63, 3.8) is 0 Å². The van der Waals surface area contributed by atoms with Gasteiger partial charge < -0.3 is 14.6 Å². The van der Waals surface area contributed by atoms with Crippen molar-refractivity contribution < 1.29 is 14.6 Å². The molecule has 0 unspecified atom stereocenters. The van der Waals surface area contributed by atoms with E-state index in [-0.39, 0.29) is 12.7 Å². The van der Waals surface area contributed by atoms with Crippen LogP contribution in [0, 0.1) is 0 Å². The summed E-state index contributed by atoms with van der Waals surface area (Å²) in [6, 6.07) is 0. The SMILES string of the molecule is CCCCCCCCCCCCCCCCCCOC[C@H](CO)OCCC. The Balaban J connectivity index is 3.10. The Morgan fingerprint density at radius 1 is 0.556 bits per heavy atom. The number of aliphatic hydroxyl groups is 1. The van der Waals surface area contributed by atoms with E-state index in [0.29, 0.717) is 13.2 Å². The van der Waals surface area contributed by atoms with Crippen molar-refractivity contribution >= 4 is 0 Å². The summed E-state index contributed by atoms with van der Waals surface area (Å²) in [7, 11) is 0. The summed E-state index contributed by atoms with van der Waals surface area (Å²) in [6.45, 7) is 6.44. The fourth-order valence-corrected chi connectivity index (χ4v) is 3.41. The lowest BCUT2D eigenvalue weighted by atomic mass is 10.0. The van der Waals surface area contributed by atoms with Gasteiger partial charge in [0.15, 0.2) is 0 Å². The Morgan fingerprint density at radius 2 is 1.00 bits per heavy atom. The predicted molar refractivity (Wildman–Crippen MR) is 117 cm³/mol. The molecule has 1 atom stereocenters. The standard InChI is InChI=1S/C24H50O3/c1-3-5-6-7-8-9-10-11-12-13-14-15-16-17-18-19-21-26-23-24(22-25)27-20-4-2/h24-25H,3-23H2,1-2H3/t24-/m0/s1. The highest BCUT2D eigenvalue weighted by molar-refractivity contribution is 4.54. The molecule has 0 fully saturated rings. The second-order valence-corrected chi connectivity index (χ2v) is 8.05. The molecule has 0 spiro atoms. The molecular weight excluding hydrogens is 336 g/mol. The average molecular weight is 387 g/mol. The molecule has 0 heterocycles. The molecule has 0 radical (unpaired) electrons. The lowest BCUT2D eigenvalue weighted by molar-refractivity contribution is -0.0425. The van der Waals surface area contributed by atoms with Gasteiger partial charge in [0.2, 0.25) is 0 Å². The van der Waals surface area contributed by atoms with Crippen LogP contribution in [0.5, 0.6) is 0 Å². The summed E-state index contributed by atoms with van der Waals surface area (Å²) in [6.07, 6.45) is 23.1. The van der Waals surface area contributed by atoms with Crippen molar-refractivity contribution in [3.8, 4) is 0 Å². The van der Waals surface area contributed by atoms with Crippen LogP contribution in [-0.4, -0.2) is 37.6 Å². The van der Waals surface area contributed by atoms with E-state index in [1.165, 1.54) is 96.3 Å². The first-order chi connectivity index (χ1) is 13.3. The molecule has 3 nitrogen and oxygen atoms in total. The van der Waals surface area contributed by atoms with Crippen molar-refractivity contribution in [2.45, 2.75) is 129 Å². The summed E-state index contributed by atoms with van der Waals surface area (Å²) in [5, 5.41) is 9.19. The fraction of sp³-hybridized carbons (Fsp3) is 1.00. The van der Waals surface area contributed by atoms with Gasteiger partial charge in [-0.2, -0.15) is 0 Å². The van der Waals surface area contributed by atoms with Gasteiger partial charge in [0.05, 0.1) is 13.2 Å². The maximum absolute atomic E-state index is 9.19. The second-order valence-electron chi connectivity index (χ2n) is 8.05. The third-order valence-corrected chi connectivity index (χ3v) is 5.21. The smallest absolute Gasteiger partial charge is 0.104 e. The van der Waals surface area contributed by atoms with Gasteiger partial charge in [-0.25, -0.2) is 0 Å². The number of rotatable bonds is 23. The largest absolute Gasteiger partial charge is 0.394 e. The molecule has 0 aliphatic heterocycles. The highest BCUT2D eigenvalue weighted by Crippen LogP contribution is 2.13. The molecular formula is C24H50O3. The summed E-state index contributed by atoms with van der Waals surface area (Å²) in [5.74, 6) is 0. The van der Waals surface area contributed by atoms with E-state index in [9.17, 15) is 5.11 Å². The van der Waals surface area contributed by atoms with E-state index in [0.717, 1.165) is 19.4 Å². The molecule has 1 N–H and O–H groups in total. The molecule has 0 aromatic heterocycles. The highest BCUT2D eigenvalue weighted by atomic mass is 16.5. The minimum atomic E-state index is -0.147. The van der Waals surface area contributed by atoms with Crippen LogP contribution in [0.1, 0.15) is 123 Å². The number of hydrogen-bond acceptors (Lipinski definition) is 3. The zero-order valence-corrected chi connectivity index (χ0v) is 18.7. The molecule has 0 aromatic rings. The predicted octanol–water partition coefficient (Wildman–Crippen LogP) is 7.05. The van der Waals surface area contributed by atoms with Crippen LogP contribution < -0.4 is 0 Å². The van der Waals surface area contributed by atoms with E-state index in [4.69, 9.17) is 9.47 Å². The van der Waals surface area contributed by atoms with Gasteiger partial charge >= 0.3 is 0 Å². The van der Waals surface area contributed by atoms with Gasteiger partial charge in [0, 0.05) is 13.2 Å². The second kappa shape index (κ2) is 23.9. The summed E-state index contributed by atoms with van der Waals surface area (Å²) >= 11 is 0. The minimum absolute atomic E-state index is 0.0545. The first kappa shape index (κ1) is 26.9. The van der Waals surface area contributed by atoms with Gasteiger partial charge in [0.25, 0.3) is 0 Å².